The maximum Gasteiger partial charge on any atom is 0.324 e. The lowest BCUT2D eigenvalue weighted by molar-refractivity contribution is -0.0260. The van der Waals surface area contributed by atoms with E-state index in [1.165, 1.54) is 0 Å². The average Bonchev–Trinajstić information content (AvgIpc) is 2.29. The molecule has 19 heavy (non-hydrogen) atoms. The van der Waals surface area contributed by atoms with Crippen molar-refractivity contribution >= 4 is 16.9 Å². The Kier molecular flexibility index (Phi) is 6.22. The van der Waals surface area contributed by atoms with Gasteiger partial charge in [0.1, 0.15) is 0 Å². The summed E-state index contributed by atoms with van der Waals surface area (Å²) in [7, 11) is -1.89. The first kappa shape index (κ1) is 17.3. The van der Waals surface area contributed by atoms with Crippen molar-refractivity contribution in [2.75, 3.05) is 7.11 Å². The molecule has 0 saturated heterocycles. The molecule has 0 aromatic rings. The molecule has 0 aromatic heterocycles. The fourth-order valence-electron chi connectivity index (χ4n) is 2.79. The average molecular weight is 307 g/mol. The van der Waals surface area contributed by atoms with Crippen LogP contribution in [0, 0.1) is 5.92 Å². The zero-order valence-electron chi connectivity index (χ0n) is 13.0. The SMILES string of the molecule is CO[Si](C)(CCC1CCC(O)C(O)C1)O[Si](C)(C)C. The highest BCUT2D eigenvalue weighted by molar-refractivity contribution is 6.81. The number of aliphatic hydroxyl groups is 2. The van der Waals surface area contributed by atoms with E-state index in [0.717, 1.165) is 18.9 Å². The van der Waals surface area contributed by atoms with Crippen LogP contribution in [0.15, 0.2) is 0 Å². The molecule has 2 N–H and O–H groups in total. The second kappa shape index (κ2) is 6.82. The maximum absolute atomic E-state index is 9.73. The minimum absolute atomic E-state index is 0.491. The van der Waals surface area contributed by atoms with Gasteiger partial charge in [0.15, 0.2) is 8.32 Å². The summed E-state index contributed by atoms with van der Waals surface area (Å²) in [5.41, 5.74) is 0. The van der Waals surface area contributed by atoms with Crippen molar-refractivity contribution in [1.29, 1.82) is 0 Å². The fourth-order valence-corrected chi connectivity index (χ4v) is 9.85. The van der Waals surface area contributed by atoms with Crippen LogP contribution in [-0.4, -0.2) is 46.4 Å². The van der Waals surface area contributed by atoms with Crippen molar-refractivity contribution in [3.63, 3.8) is 0 Å². The van der Waals surface area contributed by atoms with E-state index in [9.17, 15) is 10.2 Å². The molecular weight excluding hydrogens is 276 g/mol. The van der Waals surface area contributed by atoms with Gasteiger partial charge in [-0.3, -0.25) is 0 Å². The molecule has 0 amide bonds. The van der Waals surface area contributed by atoms with Crippen LogP contribution in [0.3, 0.4) is 0 Å². The smallest absolute Gasteiger partial charge is 0.324 e. The second-order valence-electron chi connectivity index (χ2n) is 6.90. The predicted molar refractivity (Wildman–Crippen MR) is 81.8 cm³/mol. The molecule has 1 rings (SSSR count). The van der Waals surface area contributed by atoms with Crippen LogP contribution in [-0.2, 0) is 8.54 Å². The Morgan fingerprint density at radius 1 is 1.05 bits per heavy atom. The normalized spacial score (nSPS) is 32.1. The lowest BCUT2D eigenvalue weighted by atomic mass is 9.84. The van der Waals surface area contributed by atoms with Crippen molar-refractivity contribution < 1.29 is 18.8 Å². The molecule has 114 valence electrons. The van der Waals surface area contributed by atoms with E-state index in [0.29, 0.717) is 18.8 Å². The summed E-state index contributed by atoms with van der Waals surface area (Å²) < 4.78 is 11.9. The monoisotopic (exact) mass is 306 g/mol. The molecule has 0 bridgehead atoms. The topological polar surface area (TPSA) is 58.9 Å². The summed E-state index contributed by atoms with van der Waals surface area (Å²) in [6.07, 6.45) is 2.38. The molecule has 0 radical (unpaired) electrons. The first-order chi connectivity index (χ1) is 8.65. The highest BCUT2D eigenvalue weighted by atomic mass is 28.4. The molecule has 0 spiro atoms. The predicted octanol–water partition coefficient (Wildman–Crippen LogP) is 2.47. The first-order valence-corrected chi connectivity index (χ1v) is 13.2. The molecule has 4 nitrogen and oxygen atoms in total. The third kappa shape index (κ3) is 6.05. The van der Waals surface area contributed by atoms with Gasteiger partial charge in [-0.05, 0) is 63.8 Å². The zero-order valence-corrected chi connectivity index (χ0v) is 15.0. The Hall–Kier alpha value is 0.274. The molecule has 1 aliphatic carbocycles. The summed E-state index contributed by atoms with van der Waals surface area (Å²) in [6, 6.07) is 0.973. The van der Waals surface area contributed by atoms with E-state index in [1.54, 1.807) is 7.11 Å². The minimum Gasteiger partial charge on any atom is -0.436 e. The highest BCUT2D eigenvalue weighted by Gasteiger charge is 2.37. The molecule has 6 heteroatoms. The third-order valence-corrected chi connectivity index (χ3v) is 10.1. The van der Waals surface area contributed by atoms with Crippen LogP contribution in [0.4, 0.5) is 0 Å². The van der Waals surface area contributed by atoms with E-state index < -0.39 is 29.1 Å². The molecule has 4 unspecified atom stereocenters. The first-order valence-electron chi connectivity index (χ1n) is 7.27. The van der Waals surface area contributed by atoms with E-state index in [-0.39, 0.29) is 0 Å². The molecule has 4 atom stereocenters. The van der Waals surface area contributed by atoms with Crippen LogP contribution in [0.5, 0.6) is 0 Å². The van der Waals surface area contributed by atoms with Gasteiger partial charge >= 0.3 is 8.56 Å². The van der Waals surface area contributed by atoms with Crippen LogP contribution in [0.1, 0.15) is 25.7 Å². The van der Waals surface area contributed by atoms with Crippen molar-refractivity contribution in [3.05, 3.63) is 0 Å². The standard InChI is InChI=1S/C13H30O4Si2/c1-16-19(5,17-18(2,3)4)9-8-11-6-7-12(14)13(15)10-11/h11-15H,6-10H2,1-5H3. The number of hydrogen-bond donors (Lipinski definition) is 2. The summed E-state index contributed by atoms with van der Waals surface area (Å²) in [6.45, 7) is 8.72. The highest BCUT2D eigenvalue weighted by Crippen LogP contribution is 2.31. The fraction of sp³-hybridized carbons (Fsp3) is 1.00. The molecule has 0 heterocycles. The van der Waals surface area contributed by atoms with Gasteiger partial charge in [0.2, 0.25) is 0 Å². The summed E-state index contributed by atoms with van der Waals surface area (Å²) >= 11 is 0. The van der Waals surface area contributed by atoms with Crippen molar-refractivity contribution in [3.8, 4) is 0 Å². The Morgan fingerprint density at radius 3 is 2.16 bits per heavy atom. The number of rotatable bonds is 6. The van der Waals surface area contributed by atoms with Gasteiger partial charge in [0, 0.05) is 7.11 Å². The molecule has 1 aliphatic rings. The van der Waals surface area contributed by atoms with Gasteiger partial charge in [-0.1, -0.05) is 0 Å². The van der Waals surface area contributed by atoms with Gasteiger partial charge in [-0.25, -0.2) is 0 Å². The van der Waals surface area contributed by atoms with E-state index >= 15 is 0 Å². The van der Waals surface area contributed by atoms with Crippen LogP contribution in [0.25, 0.3) is 0 Å². The number of hydrogen-bond acceptors (Lipinski definition) is 4. The Morgan fingerprint density at radius 2 is 1.68 bits per heavy atom. The van der Waals surface area contributed by atoms with Crippen LogP contribution < -0.4 is 0 Å². The van der Waals surface area contributed by atoms with Crippen LogP contribution >= 0.6 is 0 Å². The van der Waals surface area contributed by atoms with E-state index in [4.69, 9.17) is 8.54 Å². The second-order valence-corrected chi connectivity index (χ2v) is 15.1. The molecule has 0 aromatic carbocycles. The number of aliphatic hydroxyl groups excluding tert-OH is 2. The molecule has 1 fully saturated rings. The lowest BCUT2D eigenvalue weighted by Gasteiger charge is -2.35. The van der Waals surface area contributed by atoms with E-state index in [2.05, 4.69) is 26.2 Å². The minimum atomic E-state index is -2.06. The Balaban J connectivity index is 2.45. The largest absolute Gasteiger partial charge is 0.436 e. The van der Waals surface area contributed by atoms with Gasteiger partial charge in [0.25, 0.3) is 0 Å². The van der Waals surface area contributed by atoms with Crippen molar-refractivity contribution in [1.82, 2.24) is 0 Å². The lowest BCUT2D eigenvalue weighted by Crippen LogP contribution is -2.47. The Labute approximate surface area is 119 Å². The summed E-state index contributed by atoms with van der Waals surface area (Å²) in [5.74, 6) is 0.491. The quantitative estimate of drug-likeness (QED) is 0.740. The molecule has 0 aliphatic heterocycles. The summed E-state index contributed by atoms with van der Waals surface area (Å²) in [5, 5.41) is 19.3. The van der Waals surface area contributed by atoms with Gasteiger partial charge in [-0.2, -0.15) is 0 Å². The van der Waals surface area contributed by atoms with Crippen molar-refractivity contribution in [2.24, 2.45) is 5.92 Å². The molecular formula is C13H30O4Si2. The maximum atomic E-state index is 9.73. The third-order valence-electron chi connectivity index (χ3n) is 3.85. The van der Waals surface area contributed by atoms with Gasteiger partial charge in [0.05, 0.1) is 12.2 Å². The zero-order chi connectivity index (χ0) is 14.7. The summed E-state index contributed by atoms with van der Waals surface area (Å²) in [4.78, 5) is 0. The van der Waals surface area contributed by atoms with Gasteiger partial charge in [-0.15, -0.1) is 0 Å². The van der Waals surface area contributed by atoms with E-state index in [1.807, 2.05) is 0 Å². The Bertz CT molecular complexity index is 282. The van der Waals surface area contributed by atoms with Crippen LogP contribution in [0.2, 0.25) is 32.2 Å². The van der Waals surface area contributed by atoms with Crippen molar-refractivity contribution in [2.45, 2.75) is 70.1 Å². The molecule has 1 saturated carbocycles. The van der Waals surface area contributed by atoms with Gasteiger partial charge < -0.3 is 18.8 Å².